The number of rotatable bonds is 7. The third kappa shape index (κ3) is 5.53. The molecular formula is C37H35FN2O6. The Morgan fingerprint density at radius 1 is 0.804 bits per heavy atom. The number of benzene rings is 4. The molecule has 2 atom stereocenters. The van der Waals surface area contributed by atoms with Gasteiger partial charge in [0.15, 0.2) is 17.3 Å². The zero-order valence-corrected chi connectivity index (χ0v) is 26.3. The van der Waals surface area contributed by atoms with Gasteiger partial charge in [-0.15, -0.1) is 0 Å². The lowest BCUT2D eigenvalue weighted by Gasteiger charge is -2.35. The van der Waals surface area contributed by atoms with Crippen molar-refractivity contribution in [2.75, 3.05) is 38.7 Å². The van der Waals surface area contributed by atoms with Gasteiger partial charge in [0, 0.05) is 23.3 Å². The van der Waals surface area contributed by atoms with E-state index in [1.807, 2.05) is 49.4 Å². The maximum atomic E-state index is 14.9. The van der Waals surface area contributed by atoms with E-state index in [0.29, 0.717) is 46.2 Å². The van der Waals surface area contributed by atoms with E-state index >= 15 is 0 Å². The highest BCUT2D eigenvalue weighted by molar-refractivity contribution is 6.12. The quantitative estimate of drug-likeness (QED) is 0.230. The number of carbonyl (C=O) groups is 2. The van der Waals surface area contributed by atoms with Crippen molar-refractivity contribution in [3.8, 4) is 23.0 Å². The lowest BCUT2D eigenvalue weighted by molar-refractivity contribution is -0.116. The number of Topliss-reactive ketones (excluding diaryl/α,β-unsaturated/α-hetero) is 1. The zero-order valence-electron chi connectivity index (χ0n) is 26.3. The number of fused-ring (bicyclic) bond motifs is 1. The average Bonchev–Trinajstić information content (AvgIpc) is 3.22. The van der Waals surface area contributed by atoms with Gasteiger partial charge in [-0.3, -0.25) is 14.5 Å². The van der Waals surface area contributed by atoms with Gasteiger partial charge in [-0.05, 0) is 84.5 Å². The summed E-state index contributed by atoms with van der Waals surface area (Å²) < 4.78 is 36.2. The summed E-state index contributed by atoms with van der Waals surface area (Å²) >= 11 is 0. The largest absolute Gasteiger partial charge is 0.497 e. The SMILES string of the molecule is COc1ccc([C@H]2CC(=O)C3=C(C2)Nc2ccc(C)cc2N(C(=O)c2cc(OC)c(OC)c(OC)c2)[C@H]3c2ccc(F)cc2)cc1. The molecule has 1 N–H and O–H groups in total. The normalized spacial score (nSPS) is 17.3. The maximum absolute atomic E-state index is 14.9. The van der Waals surface area contributed by atoms with E-state index < -0.39 is 17.8 Å². The van der Waals surface area contributed by atoms with Gasteiger partial charge in [-0.25, -0.2) is 4.39 Å². The topological polar surface area (TPSA) is 86.3 Å². The fourth-order valence-corrected chi connectivity index (χ4v) is 6.39. The van der Waals surface area contributed by atoms with E-state index in [4.69, 9.17) is 18.9 Å². The average molecular weight is 623 g/mol. The van der Waals surface area contributed by atoms with Crippen molar-refractivity contribution < 1.29 is 32.9 Å². The number of ether oxygens (including phenoxy) is 4. The molecule has 6 rings (SSSR count). The molecule has 1 amide bonds. The molecule has 46 heavy (non-hydrogen) atoms. The van der Waals surface area contributed by atoms with Crippen LogP contribution in [0.15, 0.2) is 90.1 Å². The van der Waals surface area contributed by atoms with E-state index in [1.54, 1.807) is 36.3 Å². The minimum atomic E-state index is -0.859. The van der Waals surface area contributed by atoms with Crippen LogP contribution in [-0.2, 0) is 4.79 Å². The predicted molar refractivity (Wildman–Crippen MR) is 174 cm³/mol. The Kier molecular flexibility index (Phi) is 8.41. The first-order valence-electron chi connectivity index (χ1n) is 14.9. The number of methoxy groups -OCH3 is 4. The molecule has 236 valence electrons. The molecule has 9 heteroatoms. The van der Waals surface area contributed by atoms with Crippen molar-refractivity contribution >= 4 is 23.1 Å². The van der Waals surface area contributed by atoms with Gasteiger partial charge in [0.05, 0.1) is 45.9 Å². The number of allylic oxidation sites excluding steroid dienone is 1. The van der Waals surface area contributed by atoms with Crippen molar-refractivity contribution in [2.45, 2.75) is 31.7 Å². The first-order chi connectivity index (χ1) is 22.3. The number of ketones is 1. The minimum Gasteiger partial charge on any atom is -0.497 e. The lowest BCUT2D eigenvalue weighted by Crippen LogP contribution is -2.38. The molecule has 0 bridgehead atoms. The molecular weight excluding hydrogens is 587 g/mol. The smallest absolute Gasteiger partial charge is 0.259 e. The van der Waals surface area contributed by atoms with Crippen molar-refractivity contribution in [3.63, 3.8) is 0 Å². The van der Waals surface area contributed by atoms with Crippen LogP contribution in [0.1, 0.15) is 51.8 Å². The van der Waals surface area contributed by atoms with E-state index in [0.717, 1.165) is 22.6 Å². The second-order valence-electron chi connectivity index (χ2n) is 11.4. The molecule has 0 unspecified atom stereocenters. The molecule has 0 radical (unpaired) electrons. The Balaban J connectivity index is 1.56. The van der Waals surface area contributed by atoms with Crippen LogP contribution >= 0.6 is 0 Å². The Bertz CT molecular complexity index is 1810. The summed E-state index contributed by atoms with van der Waals surface area (Å²) in [6, 6.07) is 21.8. The van der Waals surface area contributed by atoms with Crippen molar-refractivity contribution in [3.05, 3.63) is 118 Å². The number of anilines is 2. The Morgan fingerprint density at radius 2 is 1.46 bits per heavy atom. The molecule has 8 nitrogen and oxygen atoms in total. The van der Waals surface area contributed by atoms with Crippen LogP contribution in [0.3, 0.4) is 0 Å². The molecule has 4 aromatic carbocycles. The van der Waals surface area contributed by atoms with E-state index in [9.17, 15) is 14.0 Å². The fraction of sp³-hybridized carbons (Fsp3) is 0.243. The summed E-state index contributed by atoms with van der Waals surface area (Å²) in [5.41, 5.74) is 5.23. The third-order valence-corrected chi connectivity index (χ3v) is 8.64. The minimum absolute atomic E-state index is 0.0928. The molecule has 1 aliphatic carbocycles. The number of aryl methyl sites for hydroxylation is 1. The van der Waals surface area contributed by atoms with Crippen molar-refractivity contribution in [2.24, 2.45) is 0 Å². The summed E-state index contributed by atoms with van der Waals surface area (Å²) in [7, 11) is 6.08. The summed E-state index contributed by atoms with van der Waals surface area (Å²) in [4.78, 5) is 30.8. The van der Waals surface area contributed by atoms with E-state index in [1.165, 1.54) is 33.5 Å². The van der Waals surface area contributed by atoms with Crippen LogP contribution in [0.4, 0.5) is 15.8 Å². The number of amides is 1. The van der Waals surface area contributed by atoms with Crippen LogP contribution in [-0.4, -0.2) is 40.1 Å². The molecule has 0 fully saturated rings. The highest BCUT2D eigenvalue weighted by atomic mass is 19.1. The summed E-state index contributed by atoms with van der Waals surface area (Å²) in [5.74, 6) is 0.705. The second kappa shape index (κ2) is 12.6. The van der Waals surface area contributed by atoms with Gasteiger partial charge in [-0.1, -0.05) is 30.3 Å². The molecule has 0 spiro atoms. The van der Waals surface area contributed by atoms with Crippen LogP contribution in [0.2, 0.25) is 0 Å². The standard InChI is InChI=1S/C37H35FN2O6/c1-21-6-15-28-30(16-21)40(37(42)25-19-32(44-3)36(46-5)33(20-25)45-4)35(23-7-11-26(38)12-8-23)34-29(39-28)17-24(18-31(34)41)22-9-13-27(43-2)14-10-22/h6-16,19-20,24,35,39H,17-18H2,1-5H3/t24-,35+/m1/s1. The van der Waals surface area contributed by atoms with Gasteiger partial charge < -0.3 is 24.3 Å². The number of hydrogen-bond donors (Lipinski definition) is 1. The van der Waals surface area contributed by atoms with Crippen LogP contribution in [0.25, 0.3) is 0 Å². The Hall–Kier alpha value is -5.31. The number of carbonyl (C=O) groups excluding carboxylic acids is 2. The van der Waals surface area contributed by atoms with Crippen molar-refractivity contribution in [1.29, 1.82) is 0 Å². The summed E-state index contributed by atoms with van der Waals surface area (Å²) in [6.07, 6.45) is 0.775. The number of hydrogen-bond acceptors (Lipinski definition) is 7. The Morgan fingerprint density at radius 3 is 2.07 bits per heavy atom. The number of halogens is 1. The first-order valence-corrected chi connectivity index (χ1v) is 14.9. The molecule has 0 saturated carbocycles. The molecule has 4 aromatic rings. The first kappa shape index (κ1) is 30.7. The Labute approximate surface area is 267 Å². The monoisotopic (exact) mass is 622 g/mol. The van der Waals surface area contributed by atoms with Gasteiger partial charge in [0.25, 0.3) is 5.91 Å². The van der Waals surface area contributed by atoms with Crippen LogP contribution < -0.4 is 29.2 Å². The van der Waals surface area contributed by atoms with Crippen LogP contribution in [0.5, 0.6) is 23.0 Å². The number of nitrogens with one attached hydrogen (secondary N) is 1. The molecule has 1 heterocycles. The van der Waals surface area contributed by atoms with Gasteiger partial charge in [0.2, 0.25) is 5.75 Å². The molecule has 1 aliphatic heterocycles. The van der Waals surface area contributed by atoms with E-state index in [-0.39, 0.29) is 23.7 Å². The number of nitrogens with zero attached hydrogens (tertiary/aromatic N) is 1. The molecule has 0 aromatic heterocycles. The van der Waals surface area contributed by atoms with Gasteiger partial charge in [-0.2, -0.15) is 0 Å². The highest BCUT2D eigenvalue weighted by Crippen LogP contribution is 2.49. The fourth-order valence-electron chi connectivity index (χ4n) is 6.39. The van der Waals surface area contributed by atoms with Gasteiger partial charge in [0.1, 0.15) is 11.6 Å². The summed E-state index contributed by atoms with van der Waals surface area (Å²) in [6.45, 7) is 1.94. The van der Waals surface area contributed by atoms with E-state index in [2.05, 4.69) is 5.32 Å². The molecule has 0 saturated heterocycles. The van der Waals surface area contributed by atoms with Crippen molar-refractivity contribution in [1.82, 2.24) is 0 Å². The van der Waals surface area contributed by atoms with Crippen LogP contribution in [0, 0.1) is 12.7 Å². The summed E-state index contributed by atoms with van der Waals surface area (Å²) in [5, 5.41) is 3.55. The second-order valence-corrected chi connectivity index (χ2v) is 11.4. The lowest BCUT2D eigenvalue weighted by atomic mass is 9.78. The molecule has 2 aliphatic rings. The third-order valence-electron chi connectivity index (χ3n) is 8.64. The highest BCUT2D eigenvalue weighted by Gasteiger charge is 2.42. The van der Waals surface area contributed by atoms with Gasteiger partial charge >= 0.3 is 0 Å². The maximum Gasteiger partial charge on any atom is 0.259 e. The zero-order chi connectivity index (χ0) is 32.5. The predicted octanol–water partition coefficient (Wildman–Crippen LogP) is 7.38.